The zero-order valence-electron chi connectivity index (χ0n) is 19.2. The zero-order valence-corrected chi connectivity index (χ0v) is 19.2. The van der Waals surface area contributed by atoms with Gasteiger partial charge in [0.1, 0.15) is 11.5 Å². The van der Waals surface area contributed by atoms with Gasteiger partial charge in [-0.05, 0) is 49.2 Å². The number of aliphatic hydroxyl groups is 1. The van der Waals surface area contributed by atoms with E-state index in [-0.39, 0.29) is 22.5 Å². The molecule has 0 bridgehead atoms. The number of halogens is 3. The molecule has 1 aliphatic rings. The largest absolute Gasteiger partial charge is 0.573 e. The van der Waals surface area contributed by atoms with Gasteiger partial charge < -0.3 is 9.84 Å². The van der Waals surface area contributed by atoms with Gasteiger partial charge in [0.25, 0.3) is 5.78 Å². The van der Waals surface area contributed by atoms with Crippen molar-refractivity contribution in [3.63, 3.8) is 0 Å². The number of aryl methyl sites for hydroxylation is 1. The van der Waals surface area contributed by atoms with Crippen LogP contribution < -0.4 is 9.64 Å². The quantitative estimate of drug-likeness (QED) is 0.292. The number of amides is 1. The van der Waals surface area contributed by atoms with E-state index in [1.807, 2.05) is 6.92 Å². The maximum Gasteiger partial charge on any atom is 0.573 e. The maximum absolute atomic E-state index is 13.1. The Morgan fingerprint density at radius 3 is 2.11 bits per heavy atom. The van der Waals surface area contributed by atoms with Gasteiger partial charge in [0.2, 0.25) is 0 Å². The third-order valence-electron chi connectivity index (χ3n) is 5.56. The number of carbonyl (C=O) groups excluding carboxylic acids is 2. The van der Waals surface area contributed by atoms with Crippen molar-refractivity contribution < 1.29 is 32.6 Å². The second-order valence-electron chi connectivity index (χ2n) is 8.18. The first kappa shape index (κ1) is 24.6. The molecule has 2 aromatic carbocycles. The van der Waals surface area contributed by atoms with Crippen LogP contribution in [0.15, 0.2) is 72.8 Å². The molecule has 1 fully saturated rings. The van der Waals surface area contributed by atoms with E-state index < -0.39 is 35.6 Å². The van der Waals surface area contributed by atoms with Crippen molar-refractivity contribution in [3.8, 4) is 5.75 Å². The van der Waals surface area contributed by atoms with Crippen LogP contribution >= 0.6 is 0 Å². The molecule has 1 saturated heterocycles. The van der Waals surface area contributed by atoms with Crippen LogP contribution in [0.1, 0.15) is 35.3 Å². The fourth-order valence-electron chi connectivity index (χ4n) is 3.82. The number of Topliss-reactive ketones (excluding diaryl/α,β-unsaturated/α-hetero) is 1. The number of anilines is 1. The molecular weight excluding hydrogens is 475 g/mol. The molecule has 1 aliphatic heterocycles. The van der Waals surface area contributed by atoms with Crippen molar-refractivity contribution >= 4 is 28.8 Å². The number of rotatable bonds is 5. The number of hydrogen-bond acceptors (Lipinski definition) is 6. The Labute approximate surface area is 204 Å². The van der Waals surface area contributed by atoms with Crippen LogP contribution in [-0.2, 0) is 9.59 Å². The summed E-state index contributed by atoms with van der Waals surface area (Å²) in [4.78, 5) is 27.3. The van der Waals surface area contributed by atoms with E-state index in [1.54, 1.807) is 37.3 Å². The lowest BCUT2D eigenvalue weighted by atomic mass is 9.94. The summed E-state index contributed by atoms with van der Waals surface area (Å²) >= 11 is 0. The van der Waals surface area contributed by atoms with Crippen molar-refractivity contribution in [1.82, 2.24) is 10.2 Å². The Hall–Kier alpha value is -4.47. The number of aliphatic hydroxyl groups excluding tert-OH is 1. The highest BCUT2D eigenvalue weighted by atomic mass is 19.4. The average molecular weight is 495 g/mol. The van der Waals surface area contributed by atoms with Crippen LogP contribution in [0, 0.1) is 6.92 Å². The molecule has 10 heteroatoms. The van der Waals surface area contributed by atoms with E-state index in [1.165, 1.54) is 18.2 Å². The molecule has 0 spiro atoms. The summed E-state index contributed by atoms with van der Waals surface area (Å²) in [6, 6.07) is 13.2. The predicted octanol–water partition coefficient (Wildman–Crippen LogP) is 5.34. The SMILES string of the molecule is C=C(C)c1ccc(C(O)=C2C(=O)C(=O)N(c3ccc(C)nn3)C2c2ccc(OC(F)(F)F)cc2)cc1. The first-order valence-corrected chi connectivity index (χ1v) is 10.7. The standard InChI is InChI=1S/C26H20F3N3O4/c1-14(2)16-5-7-18(8-6-16)23(33)21-22(17-9-11-19(12-10-17)36-26(27,28)29)32(25(35)24(21)34)20-13-4-15(3)30-31-20/h4-13,22,33H,1H2,2-3H3. The highest BCUT2D eigenvalue weighted by Crippen LogP contribution is 2.42. The normalized spacial score (nSPS) is 17.4. The smallest absolute Gasteiger partial charge is 0.507 e. The summed E-state index contributed by atoms with van der Waals surface area (Å²) in [5, 5.41) is 19.1. The van der Waals surface area contributed by atoms with Crippen molar-refractivity contribution in [2.75, 3.05) is 4.90 Å². The molecule has 2 heterocycles. The lowest BCUT2D eigenvalue weighted by Crippen LogP contribution is -2.30. The Bertz CT molecular complexity index is 1360. The monoisotopic (exact) mass is 495 g/mol. The van der Waals surface area contributed by atoms with E-state index >= 15 is 0 Å². The topological polar surface area (TPSA) is 92.6 Å². The van der Waals surface area contributed by atoms with Gasteiger partial charge in [-0.1, -0.05) is 48.6 Å². The number of allylic oxidation sites excluding steroid dienone is 1. The van der Waals surface area contributed by atoms with Gasteiger partial charge in [-0.15, -0.1) is 18.3 Å². The van der Waals surface area contributed by atoms with Crippen molar-refractivity contribution in [2.24, 2.45) is 0 Å². The number of benzene rings is 2. The number of carbonyl (C=O) groups is 2. The number of alkyl halides is 3. The minimum Gasteiger partial charge on any atom is -0.507 e. The van der Waals surface area contributed by atoms with E-state index in [0.717, 1.165) is 28.2 Å². The summed E-state index contributed by atoms with van der Waals surface area (Å²) in [7, 11) is 0. The molecule has 0 radical (unpaired) electrons. The minimum atomic E-state index is -4.89. The van der Waals surface area contributed by atoms with Gasteiger partial charge in [0.05, 0.1) is 17.3 Å². The zero-order chi connectivity index (χ0) is 26.2. The Kier molecular flexibility index (Phi) is 6.36. The number of nitrogens with zero attached hydrogens (tertiary/aromatic N) is 3. The lowest BCUT2D eigenvalue weighted by molar-refractivity contribution is -0.274. The highest BCUT2D eigenvalue weighted by molar-refractivity contribution is 6.51. The molecule has 4 rings (SSSR count). The molecule has 1 unspecified atom stereocenters. The molecule has 1 N–H and O–H groups in total. The van der Waals surface area contributed by atoms with E-state index in [9.17, 15) is 27.9 Å². The van der Waals surface area contributed by atoms with Crippen molar-refractivity contribution in [2.45, 2.75) is 26.3 Å². The van der Waals surface area contributed by atoms with Crippen LogP contribution in [0.4, 0.5) is 19.0 Å². The Morgan fingerprint density at radius 1 is 0.972 bits per heavy atom. The van der Waals surface area contributed by atoms with Gasteiger partial charge in [0, 0.05) is 5.56 Å². The number of hydrogen-bond donors (Lipinski definition) is 1. The predicted molar refractivity (Wildman–Crippen MR) is 126 cm³/mol. The summed E-state index contributed by atoms with van der Waals surface area (Å²) in [6.45, 7) is 7.36. The van der Waals surface area contributed by atoms with E-state index in [4.69, 9.17) is 0 Å². The van der Waals surface area contributed by atoms with Gasteiger partial charge >= 0.3 is 12.3 Å². The molecule has 1 aromatic heterocycles. The van der Waals surface area contributed by atoms with Crippen molar-refractivity contribution in [3.05, 3.63) is 95.2 Å². The summed E-state index contributed by atoms with van der Waals surface area (Å²) in [5.41, 5.74) is 2.47. The number of aromatic nitrogens is 2. The minimum absolute atomic E-state index is 0.0417. The molecule has 36 heavy (non-hydrogen) atoms. The Morgan fingerprint density at radius 2 is 1.58 bits per heavy atom. The van der Waals surface area contributed by atoms with E-state index in [0.29, 0.717) is 5.69 Å². The third kappa shape index (κ3) is 4.83. The van der Waals surface area contributed by atoms with Crippen LogP contribution in [-0.4, -0.2) is 33.4 Å². The van der Waals surface area contributed by atoms with Crippen LogP contribution in [0.2, 0.25) is 0 Å². The summed E-state index contributed by atoms with van der Waals surface area (Å²) in [5.74, 6) is -2.81. The second-order valence-corrected chi connectivity index (χ2v) is 8.18. The summed E-state index contributed by atoms with van der Waals surface area (Å²) in [6.07, 6.45) is -4.89. The fourth-order valence-corrected chi connectivity index (χ4v) is 3.82. The maximum atomic E-state index is 13.1. The van der Waals surface area contributed by atoms with Crippen LogP contribution in [0.5, 0.6) is 5.75 Å². The van der Waals surface area contributed by atoms with Gasteiger partial charge in [-0.3, -0.25) is 14.5 Å². The lowest BCUT2D eigenvalue weighted by Gasteiger charge is -2.24. The number of ether oxygens (including phenoxy) is 1. The summed E-state index contributed by atoms with van der Waals surface area (Å²) < 4.78 is 41.8. The van der Waals surface area contributed by atoms with Crippen molar-refractivity contribution in [1.29, 1.82) is 0 Å². The second kappa shape index (κ2) is 9.29. The fraction of sp³-hybridized carbons (Fsp3) is 0.154. The van der Waals surface area contributed by atoms with Crippen LogP contribution in [0.25, 0.3) is 11.3 Å². The average Bonchev–Trinajstić information content (AvgIpc) is 3.09. The molecular formula is C26H20F3N3O4. The first-order valence-electron chi connectivity index (χ1n) is 10.7. The highest BCUT2D eigenvalue weighted by Gasteiger charge is 2.47. The molecule has 1 amide bonds. The molecule has 184 valence electrons. The Balaban J connectivity index is 1.86. The number of ketones is 1. The molecule has 7 nitrogen and oxygen atoms in total. The van der Waals surface area contributed by atoms with Crippen LogP contribution in [0.3, 0.4) is 0 Å². The molecule has 0 aliphatic carbocycles. The van der Waals surface area contributed by atoms with Gasteiger partial charge in [-0.25, -0.2) is 0 Å². The van der Waals surface area contributed by atoms with Gasteiger partial charge in [-0.2, -0.15) is 5.10 Å². The molecule has 0 saturated carbocycles. The third-order valence-corrected chi connectivity index (χ3v) is 5.56. The molecule has 3 aromatic rings. The molecule has 1 atom stereocenters. The first-order chi connectivity index (χ1) is 17.0. The van der Waals surface area contributed by atoms with Gasteiger partial charge in [0.15, 0.2) is 5.82 Å². The van der Waals surface area contributed by atoms with E-state index in [2.05, 4.69) is 21.5 Å².